The molecule has 2 heterocycles. The lowest BCUT2D eigenvalue weighted by atomic mass is 10.2. The standard InChI is InChI=1S/C21H17ClFN5O2/c22-16-3-7-18(8-4-16)30-14-28-19(9-11-24-28)21(29)25-20-10-12-27(26-20)13-15-1-5-17(23)6-2-15/h1-12H,13-14H2,(H,25,26,29). The number of hydrogen-bond donors (Lipinski definition) is 1. The first-order valence-electron chi connectivity index (χ1n) is 9.06. The van der Waals surface area contributed by atoms with Crippen LogP contribution in [0.3, 0.4) is 0 Å². The minimum absolute atomic E-state index is 0.0659. The van der Waals surface area contributed by atoms with E-state index in [1.54, 1.807) is 59.4 Å². The molecule has 0 spiro atoms. The molecule has 0 radical (unpaired) electrons. The lowest BCUT2D eigenvalue weighted by Gasteiger charge is -2.09. The molecule has 2 aromatic heterocycles. The number of nitrogens with zero attached hydrogens (tertiary/aromatic N) is 4. The van der Waals surface area contributed by atoms with Gasteiger partial charge in [-0.1, -0.05) is 23.7 Å². The smallest absolute Gasteiger partial charge is 0.275 e. The molecule has 0 aliphatic heterocycles. The topological polar surface area (TPSA) is 74.0 Å². The summed E-state index contributed by atoms with van der Waals surface area (Å²) in [5, 5.41) is 11.8. The highest BCUT2D eigenvalue weighted by atomic mass is 35.5. The lowest BCUT2D eigenvalue weighted by Crippen LogP contribution is -2.20. The molecule has 9 heteroatoms. The predicted molar refractivity (Wildman–Crippen MR) is 110 cm³/mol. The van der Waals surface area contributed by atoms with Gasteiger partial charge in [-0.2, -0.15) is 10.2 Å². The third kappa shape index (κ3) is 4.84. The van der Waals surface area contributed by atoms with Crippen LogP contribution in [0.1, 0.15) is 16.1 Å². The monoisotopic (exact) mass is 425 g/mol. The number of ether oxygens (including phenoxy) is 1. The minimum atomic E-state index is -0.362. The van der Waals surface area contributed by atoms with E-state index in [9.17, 15) is 9.18 Å². The summed E-state index contributed by atoms with van der Waals surface area (Å²) in [4.78, 5) is 12.6. The maximum Gasteiger partial charge on any atom is 0.275 e. The minimum Gasteiger partial charge on any atom is -0.471 e. The van der Waals surface area contributed by atoms with Gasteiger partial charge in [0.1, 0.15) is 17.3 Å². The third-order valence-corrected chi connectivity index (χ3v) is 4.51. The third-order valence-electron chi connectivity index (χ3n) is 4.26. The van der Waals surface area contributed by atoms with E-state index in [0.29, 0.717) is 28.8 Å². The van der Waals surface area contributed by atoms with E-state index in [0.717, 1.165) is 5.56 Å². The number of halogens is 2. The van der Waals surface area contributed by atoms with Gasteiger partial charge in [-0.3, -0.25) is 9.48 Å². The van der Waals surface area contributed by atoms with Gasteiger partial charge in [0, 0.05) is 23.5 Å². The van der Waals surface area contributed by atoms with Crippen LogP contribution in [0.25, 0.3) is 0 Å². The molecule has 30 heavy (non-hydrogen) atoms. The quantitative estimate of drug-likeness (QED) is 0.481. The number of benzene rings is 2. The van der Waals surface area contributed by atoms with Crippen molar-refractivity contribution in [2.24, 2.45) is 0 Å². The van der Waals surface area contributed by atoms with Crippen molar-refractivity contribution in [2.45, 2.75) is 13.3 Å². The van der Waals surface area contributed by atoms with Gasteiger partial charge in [-0.25, -0.2) is 9.07 Å². The zero-order valence-corrected chi connectivity index (χ0v) is 16.5. The molecule has 0 saturated heterocycles. The zero-order valence-electron chi connectivity index (χ0n) is 15.7. The van der Waals surface area contributed by atoms with Crippen LogP contribution >= 0.6 is 11.6 Å². The van der Waals surface area contributed by atoms with Crippen LogP contribution in [-0.4, -0.2) is 25.5 Å². The summed E-state index contributed by atoms with van der Waals surface area (Å²) in [6, 6.07) is 16.4. The Morgan fingerprint density at radius 1 is 1.07 bits per heavy atom. The van der Waals surface area contributed by atoms with E-state index in [2.05, 4.69) is 15.5 Å². The number of carbonyl (C=O) groups is 1. The van der Waals surface area contributed by atoms with Gasteiger partial charge in [0.25, 0.3) is 5.91 Å². The average Bonchev–Trinajstić information content (AvgIpc) is 3.39. The fraction of sp³-hybridized carbons (Fsp3) is 0.0952. The second-order valence-corrected chi connectivity index (χ2v) is 6.86. The molecule has 0 aliphatic carbocycles. The molecule has 2 aromatic carbocycles. The van der Waals surface area contributed by atoms with Gasteiger partial charge in [-0.15, -0.1) is 0 Å². The van der Waals surface area contributed by atoms with Crippen molar-refractivity contribution in [1.29, 1.82) is 0 Å². The van der Waals surface area contributed by atoms with Crippen molar-refractivity contribution < 1.29 is 13.9 Å². The lowest BCUT2D eigenvalue weighted by molar-refractivity contribution is 0.100. The summed E-state index contributed by atoms with van der Waals surface area (Å²) in [6.45, 7) is 0.527. The molecule has 4 aromatic rings. The normalized spacial score (nSPS) is 10.7. The van der Waals surface area contributed by atoms with Gasteiger partial charge in [0.05, 0.1) is 6.54 Å². The molecule has 7 nitrogen and oxygen atoms in total. The van der Waals surface area contributed by atoms with E-state index in [-0.39, 0.29) is 18.5 Å². The number of nitrogens with one attached hydrogen (secondary N) is 1. The van der Waals surface area contributed by atoms with Gasteiger partial charge in [0.15, 0.2) is 12.5 Å². The van der Waals surface area contributed by atoms with Crippen LogP contribution in [0.4, 0.5) is 10.2 Å². The van der Waals surface area contributed by atoms with E-state index in [1.165, 1.54) is 23.0 Å². The first kappa shape index (κ1) is 19.7. The van der Waals surface area contributed by atoms with Crippen LogP contribution in [0, 0.1) is 5.82 Å². The Labute approximate surface area is 176 Å². The van der Waals surface area contributed by atoms with Crippen molar-refractivity contribution in [3.63, 3.8) is 0 Å². The highest BCUT2D eigenvalue weighted by Gasteiger charge is 2.14. The molecule has 0 fully saturated rings. The maximum absolute atomic E-state index is 13.0. The van der Waals surface area contributed by atoms with Gasteiger partial charge >= 0.3 is 0 Å². The number of anilines is 1. The first-order chi connectivity index (χ1) is 14.6. The number of hydrogen-bond acceptors (Lipinski definition) is 4. The summed E-state index contributed by atoms with van der Waals surface area (Å²) >= 11 is 5.86. The molecule has 152 valence electrons. The van der Waals surface area contributed by atoms with Crippen LogP contribution in [0.2, 0.25) is 5.02 Å². The van der Waals surface area contributed by atoms with Gasteiger partial charge in [-0.05, 0) is 48.0 Å². The Kier molecular flexibility index (Phi) is 5.76. The van der Waals surface area contributed by atoms with Crippen molar-refractivity contribution in [3.05, 3.63) is 95.2 Å². The second kappa shape index (κ2) is 8.79. The average molecular weight is 426 g/mol. The maximum atomic E-state index is 13.0. The van der Waals surface area contributed by atoms with Crippen molar-refractivity contribution >= 4 is 23.3 Å². The fourth-order valence-corrected chi connectivity index (χ4v) is 2.89. The first-order valence-corrected chi connectivity index (χ1v) is 9.44. The summed E-state index contributed by atoms with van der Waals surface area (Å²) < 4.78 is 21.8. The summed E-state index contributed by atoms with van der Waals surface area (Å²) in [5.74, 6) is 0.359. The molecule has 0 atom stereocenters. The Morgan fingerprint density at radius 2 is 1.83 bits per heavy atom. The van der Waals surface area contributed by atoms with E-state index in [1.807, 2.05) is 0 Å². The highest BCUT2D eigenvalue weighted by Crippen LogP contribution is 2.16. The highest BCUT2D eigenvalue weighted by molar-refractivity contribution is 6.30. The van der Waals surface area contributed by atoms with Crippen LogP contribution in [0.15, 0.2) is 73.1 Å². The Morgan fingerprint density at radius 3 is 2.60 bits per heavy atom. The van der Waals surface area contributed by atoms with E-state index >= 15 is 0 Å². The van der Waals surface area contributed by atoms with Crippen molar-refractivity contribution in [3.8, 4) is 5.75 Å². The summed E-state index contributed by atoms with van der Waals surface area (Å²) in [7, 11) is 0. The molecule has 1 N–H and O–H groups in total. The Hall–Kier alpha value is -3.65. The number of carbonyl (C=O) groups excluding carboxylic acids is 1. The molecule has 0 bridgehead atoms. The molecule has 0 unspecified atom stereocenters. The summed E-state index contributed by atoms with van der Waals surface area (Å²) in [5.41, 5.74) is 1.23. The number of amides is 1. The zero-order chi connectivity index (χ0) is 20.9. The largest absolute Gasteiger partial charge is 0.471 e. The molecule has 1 amide bonds. The van der Waals surface area contributed by atoms with Crippen molar-refractivity contribution in [2.75, 3.05) is 5.32 Å². The van der Waals surface area contributed by atoms with E-state index in [4.69, 9.17) is 16.3 Å². The van der Waals surface area contributed by atoms with Crippen LogP contribution in [-0.2, 0) is 13.3 Å². The second-order valence-electron chi connectivity index (χ2n) is 6.42. The van der Waals surface area contributed by atoms with E-state index < -0.39 is 0 Å². The van der Waals surface area contributed by atoms with Crippen LogP contribution < -0.4 is 10.1 Å². The van der Waals surface area contributed by atoms with Crippen LogP contribution in [0.5, 0.6) is 5.75 Å². The predicted octanol–water partition coefficient (Wildman–Crippen LogP) is 4.21. The summed E-state index contributed by atoms with van der Waals surface area (Å²) in [6.07, 6.45) is 3.26. The van der Waals surface area contributed by atoms with Crippen molar-refractivity contribution in [1.82, 2.24) is 19.6 Å². The van der Waals surface area contributed by atoms with Gasteiger partial charge < -0.3 is 10.1 Å². The number of aromatic nitrogens is 4. The molecular weight excluding hydrogens is 409 g/mol. The molecule has 0 aliphatic rings. The molecular formula is C21H17ClFN5O2. The Bertz CT molecular complexity index is 1140. The molecule has 0 saturated carbocycles. The SMILES string of the molecule is O=C(Nc1ccn(Cc2ccc(F)cc2)n1)c1ccnn1COc1ccc(Cl)cc1. The Balaban J connectivity index is 1.37. The number of rotatable bonds is 7. The molecule has 4 rings (SSSR count). The van der Waals surface area contributed by atoms with Gasteiger partial charge in [0.2, 0.25) is 0 Å². The fourth-order valence-electron chi connectivity index (χ4n) is 2.77.